The molecule has 0 spiro atoms. The lowest BCUT2D eigenvalue weighted by molar-refractivity contribution is -0.384. The van der Waals surface area contributed by atoms with Crippen LogP contribution in [0, 0.1) is 10.1 Å². The molecule has 0 aliphatic carbocycles. The number of hydrogen-bond acceptors (Lipinski definition) is 6. The summed E-state index contributed by atoms with van der Waals surface area (Å²) in [5.41, 5.74) is -0.402. The lowest BCUT2D eigenvalue weighted by Crippen LogP contribution is -2.24. The van der Waals surface area contributed by atoms with Crippen molar-refractivity contribution in [3.05, 3.63) is 20.5 Å². The van der Waals surface area contributed by atoms with Gasteiger partial charge in [-0.2, -0.15) is 0 Å². The van der Waals surface area contributed by atoms with Crippen LogP contribution in [0.15, 0.2) is 10.3 Å². The van der Waals surface area contributed by atoms with Crippen LogP contribution < -0.4 is 4.72 Å². The van der Waals surface area contributed by atoms with Crippen LogP contribution in [0.4, 0.5) is 5.69 Å². The molecule has 19 heavy (non-hydrogen) atoms. The zero-order chi connectivity index (χ0) is 14.5. The van der Waals surface area contributed by atoms with Gasteiger partial charge in [-0.05, 0) is 13.3 Å². The summed E-state index contributed by atoms with van der Waals surface area (Å²) in [6, 6.07) is 0.956. The van der Waals surface area contributed by atoms with Crippen molar-refractivity contribution in [3.8, 4) is 0 Å². The molecule has 0 aromatic carbocycles. The van der Waals surface area contributed by atoms with Crippen molar-refractivity contribution < 1.29 is 18.1 Å². The zero-order valence-corrected chi connectivity index (χ0v) is 12.5. The Balaban J connectivity index is 2.67. The molecule has 0 atom stereocenters. The van der Waals surface area contributed by atoms with Gasteiger partial charge in [0.15, 0.2) is 4.34 Å². The van der Waals surface area contributed by atoms with Crippen molar-refractivity contribution in [2.75, 3.05) is 19.8 Å². The first-order valence-corrected chi connectivity index (χ1v) is 8.07. The second kappa shape index (κ2) is 7.15. The zero-order valence-electron chi connectivity index (χ0n) is 10.1. The number of ether oxygens (including phenoxy) is 1. The minimum absolute atomic E-state index is 0.153. The summed E-state index contributed by atoms with van der Waals surface area (Å²) in [5, 5.41) is 10.6. The number of thiophene rings is 1. The summed E-state index contributed by atoms with van der Waals surface area (Å²) in [6.07, 6.45) is 0.522. The van der Waals surface area contributed by atoms with Crippen molar-refractivity contribution in [1.82, 2.24) is 4.72 Å². The van der Waals surface area contributed by atoms with Gasteiger partial charge in [0, 0.05) is 25.8 Å². The molecule has 1 aromatic heterocycles. The highest BCUT2D eigenvalue weighted by Gasteiger charge is 2.24. The molecule has 0 fully saturated rings. The van der Waals surface area contributed by atoms with Crippen molar-refractivity contribution in [1.29, 1.82) is 0 Å². The third-order valence-electron chi connectivity index (χ3n) is 2.07. The van der Waals surface area contributed by atoms with E-state index in [1.807, 2.05) is 6.92 Å². The topological polar surface area (TPSA) is 98.5 Å². The highest BCUT2D eigenvalue weighted by molar-refractivity contribution is 7.91. The van der Waals surface area contributed by atoms with Crippen LogP contribution in [0.1, 0.15) is 13.3 Å². The Morgan fingerprint density at radius 2 is 2.26 bits per heavy atom. The molecule has 0 saturated carbocycles. The minimum Gasteiger partial charge on any atom is -0.382 e. The van der Waals surface area contributed by atoms with E-state index in [0.29, 0.717) is 31.0 Å². The molecule has 1 aromatic rings. The van der Waals surface area contributed by atoms with Gasteiger partial charge in [0.1, 0.15) is 4.21 Å². The van der Waals surface area contributed by atoms with E-state index < -0.39 is 20.6 Å². The predicted octanol–water partition coefficient (Wildman–Crippen LogP) is 2.01. The number of halogens is 1. The third-order valence-corrected chi connectivity index (χ3v) is 5.34. The number of nitrogens with one attached hydrogen (secondary N) is 1. The smallest absolute Gasteiger partial charge is 0.300 e. The van der Waals surface area contributed by atoms with E-state index in [1.165, 1.54) is 0 Å². The second-order valence-corrected chi connectivity index (χ2v) is 7.08. The van der Waals surface area contributed by atoms with Crippen LogP contribution >= 0.6 is 22.9 Å². The van der Waals surface area contributed by atoms with Crippen LogP contribution in [0.25, 0.3) is 0 Å². The first kappa shape index (κ1) is 16.3. The summed E-state index contributed by atoms with van der Waals surface area (Å²) in [7, 11) is -3.76. The van der Waals surface area contributed by atoms with Gasteiger partial charge >= 0.3 is 0 Å². The molecule has 7 nitrogen and oxygen atoms in total. The normalized spacial score (nSPS) is 11.7. The maximum absolute atomic E-state index is 11.8. The summed E-state index contributed by atoms with van der Waals surface area (Å²) in [4.78, 5) is 9.88. The van der Waals surface area contributed by atoms with Crippen molar-refractivity contribution in [2.24, 2.45) is 0 Å². The van der Waals surface area contributed by atoms with Crippen LogP contribution in [-0.4, -0.2) is 33.1 Å². The number of nitro groups is 1. The van der Waals surface area contributed by atoms with Gasteiger partial charge in [-0.1, -0.05) is 11.6 Å². The van der Waals surface area contributed by atoms with E-state index >= 15 is 0 Å². The first-order valence-electron chi connectivity index (χ1n) is 5.39. The first-order chi connectivity index (χ1) is 8.88. The van der Waals surface area contributed by atoms with Crippen molar-refractivity contribution in [3.63, 3.8) is 0 Å². The molecule has 10 heteroatoms. The van der Waals surface area contributed by atoms with Crippen LogP contribution in [-0.2, 0) is 14.8 Å². The molecular formula is C9H13ClN2O5S2. The highest BCUT2D eigenvalue weighted by atomic mass is 35.5. The van der Waals surface area contributed by atoms with E-state index in [0.717, 1.165) is 6.07 Å². The van der Waals surface area contributed by atoms with Gasteiger partial charge in [0.2, 0.25) is 10.0 Å². The number of nitrogens with zero attached hydrogens (tertiary/aromatic N) is 1. The van der Waals surface area contributed by atoms with E-state index in [-0.39, 0.29) is 15.1 Å². The molecule has 0 unspecified atom stereocenters. The van der Waals surface area contributed by atoms with Gasteiger partial charge in [0.25, 0.3) is 5.69 Å². The molecule has 1 heterocycles. The van der Waals surface area contributed by atoms with Crippen molar-refractivity contribution in [2.45, 2.75) is 17.6 Å². The van der Waals surface area contributed by atoms with E-state index in [2.05, 4.69) is 4.72 Å². The van der Waals surface area contributed by atoms with Crippen LogP contribution in [0.3, 0.4) is 0 Å². The summed E-state index contributed by atoms with van der Waals surface area (Å²) >= 11 is 6.27. The maximum atomic E-state index is 11.8. The summed E-state index contributed by atoms with van der Waals surface area (Å²) in [6.45, 7) is 3.06. The molecule has 1 N–H and O–H groups in total. The Morgan fingerprint density at radius 3 is 2.79 bits per heavy atom. The monoisotopic (exact) mass is 328 g/mol. The molecule has 1 rings (SSSR count). The van der Waals surface area contributed by atoms with Gasteiger partial charge in [-0.15, -0.1) is 11.3 Å². The summed E-state index contributed by atoms with van der Waals surface area (Å²) < 4.78 is 30.7. The molecule has 0 aliphatic heterocycles. The number of sulfonamides is 1. The standard InChI is InChI=1S/C9H13ClN2O5S2/c1-2-17-5-3-4-11-19(15,16)8-6-7(12(13)14)9(10)18-8/h6,11H,2-5H2,1H3. The third kappa shape index (κ3) is 4.69. The van der Waals surface area contributed by atoms with E-state index in [4.69, 9.17) is 16.3 Å². The lowest BCUT2D eigenvalue weighted by Gasteiger charge is -2.04. The Hall–Kier alpha value is -0.740. The average Bonchev–Trinajstić information content (AvgIpc) is 2.72. The fraction of sp³-hybridized carbons (Fsp3) is 0.556. The fourth-order valence-corrected chi connectivity index (χ4v) is 3.97. The van der Waals surface area contributed by atoms with E-state index in [1.54, 1.807) is 0 Å². The maximum Gasteiger partial charge on any atom is 0.300 e. The van der Waals surface area contributed by atoms with Gasteiger partial charge in [-0.25, -0.2) is 13.1 Å². The van der Waals surface area contributed by atoms with E-state index in [9.17, 15) is 18.5 Å². The Bertz CT molecular complexity index is 543. The molecule has 108 valence electrons. The Morgan fingerprint density at radius 1 is 1.58 bits per heavy atom. The average molecular weight is 329 g/mol. The number of hydrogen-bond donors (Lipinski definition) is 1. The quantitative estimate of drug-likeness (QED) is 0.447. The van der Waals surface area contributed by atoms with Crippen molar-refractivity contribution >= 4 is 38.6 Å². The molecule has 0 saturated heterocycles. The predicted molar refractivity (Wildman–Crippen MR) is 72.3 cm³/mol. The van der Waals surface area contributed by atoms with Crippen LogP contribution in [0.2, 0.25) is 4.34 Å². The van der Waals surface area contributed by atoms with Crippen LogP contribution in [0.5, 0.6) is 0 Å². The molecule has 0 amide bonds. The van der Waals surface area contributed by atoms with Gasteiger partial charge in [0.05, 0.1) is 4.92 Å². The SMILES string of the molecule is CCOCCCNS(=O)(=O)c1cc([N+](=O)[O-])c(Cl)s1. The Labute approximate surface area is 119 Å². The molecule has 0 radical (unpaired) electrons. The highest BCUT2D eigenvalue weighted by Crippen LogP contribution is 2.35. The molecular weight excluding hydrogens is 316 g/mol. The molecule has 0 aliphatic rings. The Kier molecular flexibility index (Phi) is 6.14. The lowest BCUT2D eigenvalue weighted by atomic mass is 10.5. The summed E-state index contributed by atoms with van der Waals surface area (Å²) in [5.74, 6) is 0. The fourth-order valence-electron chi connectivity index (χ4n) is 1.19. The largest absolute Gasteiger partial charge is 0.382 e. The van der Waals surface area contributed by atoms with Gasteiger partial charge in [-0.3, -0.25) is 10.1 Å². The second-order valence-electron chi connectivity index (χ2n) is 3.43. The minimum atomic E-state index is -3.76. The molecule has 0 bridgehead atoms. The number of rotatable bonds is 8. The van der Waals surface area contributed by atoms with Gasteiger partial charge < -0.3 is 4.74 Å².